The summed E-state index contributed by atoms with van der Waals surface area (Å²) in [5.74, 6) is -0.111. The first kappa shape index (κ1) is 10.8. The van der Waals surface area contributed by atoms with Gasteiger partial charge in [-0.25, -0.2) is 0 Å². The van der Waals surface area contributed by atoms with Crippen LogP contribution in [-0.2, 0) is 4.79 Å². The van der Waals surface area contributed by atoms with Crippen LogP contribution in [0.25, 0.3) is 0 Å². The summed E-state index contributed by atoms with van der Waals surface area (Å²) >= 11 is 0. The van der Waals surface area contributed by atoms with Crippen LogP contribution in [0.4, 0.5) is 5.69 Å². The summed E-state index contributed by atoms with van der Waals surface area (Å²) in [5, 5.41) is 8.85. The number of hydrogen-bond donors (Lipinski definition) is 1. The number of carbonyl (C=O) groups is 1. The van der Waals surface area contributed by atoms with Crippen LogP contribution in [0.15, 0.2) is 24.3 Å². The zero-order valence-corrected chi connectivity index (χ0v) is 9.38. The van der Waals surface area contributed by atoms with E-state index in [1.165, 1.54) is 0 Å². The molecule has 0 radical (unpaired) electrons. The molecule has 0 aliphatic heterocycles. The topological polar surface area (TPSA) is 49.8 Å². The van der Waals surface area contributed by atoms with Gasteiger partial charge in [-0.15, -0.1) is 0 Å². The van der Waals surface area contributed by atoms with Crippen LogP contribution in [0, 0.1) is 5.92 Å². The predicted octanol–water partition coefficient (Wildman–Crippen LogP) is 1.60. The molecule has 1 aliphatic carbocycles. The Hall–Kier alpha value is -1.71. The van der Waals surface area contributed by atoms with Gasteiger partial charge in [-0.1, -0.05) is 0 Å². The lowest BCUT2D eigenvalue weighted by atomic mass is 10.2. The highest BCUT2D eigenvalue weighted by atomic mass is 16.5. The average Bonchev–Trinajstić information content (AvgIpc) is 3.08. The molecular formula is C12H15NO3. The van der Waals surface area contributed by atoms with E-state index < -0.39 is 5.97 Å². The molecule has 16 heavy (non-hydrogen) atoms. The van der Waals surface area contributed by atoms with Crippen molar-refractivity contribution >= 4 is 11.7 Å². The molecule has 4 nitrogen and oxygen atoms in total. The molecule has 0 heterocycles. The number of hydrogen-bond acceptors (Lipinski definition) is 3. The molecule has 0 aromatic heterocycles. The lowest BCUT2D eigenvalue weighted by Gasteiger charge is -2.19. The van der Waals surface area contributed by atoms with E-state index in [0.29, 0.717) is 0 Å². The summed E-state index contributed by atoms with van der Waals surface area (Å²) in [4.78, 5) is 12.8. The molecule has 0 amide bonds. The van der Waals surface area contributed by atoms with Crippen molar-refractivity contribution in [2.24, 2.45) is 5.92 Å². The lowest BCUT2D eigenvalue weighted by molar-refractivity contribution is -0.138. The predicted molar refractivity (Wildman–Crippen MR) is 60.9 cm³/mol. The van der Waals surface area contributed by atoms with Crippen molar-refractivity contribution in [2.45, 2.75) is 12.5 Å². The summed E-state index contributed by atoms with van der Waals surface area (Å²) in [6, 6.07) is 7.77. The number of carboxylic acid groups (broad SMARTS) is 1. The molecule has 0 bridgehead atoms. The third kappa shape index (κ3) is 1.96. The maximum absolute atomic E-state index is 10.8. The molecule has 2 unspecified atom stereocenters. The summed E-state index contributed by atoms with van der Waals surface area (Å²) in [5.41, 5.74) is 1.02. The lowest BCUT2D eigenvalue weighted by Crippen LogP contribution is -2.23. The molecule has 1 aromatic rings. The third-order valence-corrected chi connectivity index (χ3v) is 3.05. The number of carboxylic acids is 1. The summed E-state index contributed by atoms with van der Waals surface area (Å²) in [7, 11) is 3.55. The first-order chi connectivity index (χ1) is 7.63. The Morgan fingerprint density at radius 3 is 2.50 bits per heavy atom. The second-order valence-electron chi connectivity index (χ2n) is 4.06. The van der Waals surface area contributed by atoms with Crippen LogP contribution in [0.3, 0.4) is 0 Å². The van der Waals surface area contributed by atoms with E-state index in [1.807, 2.05) is 36.2 Å². The van der Waals surface area contributed by atoms with E-state index in [2.05, 4.69) is 0 Å². The van der Waals surface area contributed by atoms with Gasteiger partial charge in [0.1, 0.15) is 5.75 Å². The maximum atomic E-state index is 10.8. The van der Waals surface area contributed by atoms with E-state index in [1.54, 1.807) is 7.11 Å². The first-order valence-corrected chi connectivity index (χ1v) is 5.23. The third-order valence-electron chi connectivity index (χ3n) is 3.05. The molecule has 4 heteroatoms. The molecule has 1 fully saturated rings. The monoisotopic (exact) mass is 221 g/mol. The quantitative estimate of drug-likeness (QED) is 0.839. The largest absolute Gasteiger partial charge is 0.497 e. The number of ether oxygens (including phenoxy) is 1. The van der Waals surface area contributed by atoms with E-state index >= 15 is 0 Å². The van der Waals surface area contributed by atoms with Crippen LogP contribution in [0.1, 0.15) is 6.42 Å². The minimum atomic E-state index is -0.703. The summed E-state index contributed by atoms with van der Waals surface area (Å²) < 4.78 is 5.07. The zero-order valence-electron chi connectivity index (χ0n) is 9.38. The van der Waals surface area contributed by atoms with Crippen LogP contribution < -0.4 is 9.64 Å². The number of rotatable bonds is 4. The highest BCUT2D eigenvalue weighted by Gasteiger charge is 2.46. The Labute approximate surface area is 94.4 Å². The Balaban J connectivity index is 2.04. The fourth-order valence-electron chi connectivity index (χ4n) is 1.88. The Morgan fingerprint density at radius 1 is 1.44 bits per heavy atom. The van der Waals surface area contributed by atoms with Gasteiger partial charge >= 0.3 is 5.97 Å². The van der Waals surface area contributed by atoms with Gasteiger partial charge in [0.05, 0.1) is 13.0 Å². The number of methoxy groups -OCH3 is 1. The number of aliphatic carboxylic acids is 1. The van der Waals surface area contributed by atoms with Crippen LogP contribution in [0.2, 0.25) is 0 Å². The minimum absolute atomic E-state index is 0.130. The molecule has 1 aliphatic rings. The van der Waals surface area contributed by atoms with Crippen molar-refractivity contribution in [3.05, 3.63) is 24.3 Å². The highest BCUT2D eigenvalue weighted by Crippen LogP contribution is 2.37. The Bertz CT molecular complexity index is 388. The van der Waals surface area contributed by atoms with Gasteiger partial charge in [-0.05, 0) is 30.7 Å². The van der Waals surface area contributed by atoms with E-state index in [9.17, 15) is 4.79 Å². The fourth-order valence-corrected chi connectivity index (χ4v) is 1.88. The molecule has 1 N–H and O–H groups in total. The van der Waals surface area contributed by atoms with Gasteiger partial charge in [-0.2, -0.15) is 0 Å². The zero-order chi connectivity index (χ0) is 11.7. The molecule has 2 atom stereocenters. The van der Waals surface area contributed by atoms with Crippen LogP contribution >= 0.6 is 0 Å². The highest BCUT2D eigenvalue weighted by molar-refractivity contribution is 5.76. The molecule has 86 valence electrons. The molecule has 1 aromatic carbocycles. The molecule has 1 saturated carbocycles. The standard InChI is InChI=1S/C12H15NO3/c1-13(11-7-10(11)12(14)15)8-3-5-9(16-2)6-4-8/h3-6,10-11H,7H2,1-2H3,(H,14,15). The van der Waals surface area contributed by atoms with Crippen molar-refractivity contribution in [1.29, 1.82) is 0 Å². The summed E-state index contributed by atoms with van der Waals surface area (Å²) in [6.45, 7) is 0. The number of benzene rings is 1. The minimum Gasteiger partial charge on any atom is -0.497 e. The van der Waals surface area contributed by atoms with Crippen molar-refractivity contribution in [1.82, 2.24) is 0 Å². The van der Waals surface area contributed by atoms with Gasteiger partial charge in [-0.3, -0.25) is 4.79 Å². The summed E-state index contributed by atoms with van der Waals surface area (Å²) in [6.07, 6.45) is 0.734. The van der Waals surface area contributed by atoms with Gasteiger partial charge in [0.25, 0.3) is 0 Å². The average molecular weight is 221 g/mol. The smallest absolute Gasteiger partial charge is 0.308 e. The Kier molecular flexibility index (Phi) is 2.73. The van der Waals surface area contributed by atoms with E-state index in [0.717, 1.165) is 17.9 Å². The SMILES string of the molecule is COc1ccc(N(C)C2CC2C(=O)O)cc1. The van der Waals surface area contributed by atoms with Crippen molar-refractivity contribution in [3.63, 3.8) is 0 Å². The van der Waals surface area contributed by atoms with Crippen molar-refractivity contribution < 1.29 is 14.6 Å². The second kappa shape index (κ2) is 4.04. The van der Waals surface area contributed by atoms with Gasteiger partial charge in [0.15, 0.2) is 0 Å². The number of nitrogens with zero attached hydrogens (tertiary/aromatic N) is 1. The van der Waals surface area contributed by atoms with E-state index in [4.69, 9.17) is 9.84 Å². The van der Waals surface area contributed by atoms with Crippen LogP contribution in [-0.4, -0.2) is 31.3 Å². The van der Waals surface area contributed by atoms with Gasteiger partial charge in [0, 0.05) is 18.8 Å². The molecule has 0 spiro atoms. The van der Waals surface area contributed by atoms with Crippen LogP contribution in [0.5, 0.6) is 5.75 Å². The Morgan fingerprint density at radius 2 is 2.06 bits per heavy atom. The van der Waals surface area contributed by atoms with Crippen molar-refractivity contribution in [3.8, 4) is 5.75 Å². The van der Waals surface area contributed by atoms with E-state index in [-0.39, 0.29) is 12.0 Å². The van der Waals surface area contributed by atoms with Gasteiger partial charge in [0.2, 0.25) is 0 Å². The first-order valence-electron chi connectivity index (χ1n) is 5.23. The van der Waals surface area contributed by atoms with Crippen molar-refractivity contribution in [2.75, 3.05) is 19.1 Å². The normalized spacial score (nSPS) is 22.6. The number of anilines is 1. The molecule has 2 rings (SSSR count). The fraction of sp³-hybridized carbons (Fsp3) is 0.417. The molecule has 0 saturated heterocycles. The molecular weight excluding hydrogens is 206 g/mol. The second-order valence-corrected chi connectivity index (χ2v) is 4.06. The maximum Gasteiger partial charge on any atom is 0.308 e. The van der Waals surface area contributed by atoms with Gasteiger partial charge < -0.3 is 14.7 Å².